The fourth-order valence-electron chi connectivity index (χ4n) is 1.40. The Morgan fingerprint density at radius 3 is 2.58 bits per heavy atom. The molecule has 0 spiro atoms. The quantitative estimate of drug-likeness (QED) is 0.634. The van der Waals surface area contributed by atoms with E-state index in [4.69, 9.17) is 0 Å². The molecule has 0 saturated heterocycles. The van der Waals surface area contributed by atoms with Gasteiger partial charge in [-0.3, -0.25) is 0 Å². The first-order valence-electron chi connectivity index (χ1n) is 4.83. The van der Waals surface area contributed by atoms with E-state index >= 15 is 0 Å². The lowest BCUT2D eigenvalue weighted by atomic mass is 9.99. The number of hydrogen-bond donors (Lipinski definition) is 0. The molecule has 0 heterocycles. The Bertz CT molecular complexity index is 236. The lowest BCUT2D eigenvalue weighted by Gasteiger charge is -2.06. The highest BCUT2D eigenvalue weighted by Gasteiger charge is 1.98. The first-order chi connectivity index (χ1) is 5.74. The Morgan fingerprint density at radius 2 is 2.00 bits per heavy atom. The van der Waals surface area contributed by atoms with Gasteiger partial charge >= 0.3 is 0 Å². The zero-order valence-corrected chi connectivity index (χ0v) is 8.30. The number of aryl methyl sites for hydroxylation is 1. The van der Waals surface area contributed by atoms with Crippen LogP contribution in [-0.4, -0.2) is 0 Å². The third-order valence-corrected chi connectivity index (χ3v) is 2.16. The molecule has 0 atom stereocenters. The van der Waals surface area contributed by atoms with Gasteiger partial charge in [0.2, 0.25) is 0 Å². The van der Waals surface area contributed by atoms with Gasteiger partial charge in [0.1, 0.15) is 0 Å². The number of benzene rings is 1. The summed E-state index contributed by atoms with van der Waals surface area (Å²) in [5, 5.41) is 0. The molecule has 0 unspecified atom stereocenters. The van der Waals surface area contributed by atoms with Crippen LogP contribution in [0.15, 0.2) is 24.3 Å². The van der Waals surface area contributed by atoms with Gasteiger partial charge in [0.05, 0.1) is 0 Å². The predicted molar refractivity (Wildman–Crippen MR) is 54.5 cm³/mol. The maximum Gasteiger partial charge on any atom is -0.0219 e. The van der Waals surface area contributed by atoms with Crippen LogP contribution in [0.4, 0.5) is 0 Å². The van der Waals surface area contributed by atoms with Crippen LogP contribution in [0, 0.1) is 0 Å². The molecule has 0 radical (unpaired) electrons. The minimum Gasteiger partial charge on any atom is -0.0651 e. The van der Waals surface area contributed by atoms with Gasteiger partial charge < -0.3 is 0 Å². The Hall–Kier alpha value is -0.780. The summed E-state index contributed by atoms with van der Waals surface area (Å²) in [6.45, 7) is 6.71. The third-order valence-electron chi connectivity index (χ3n) is 2.16. The molecule has 0 fully saturated rings. The van der Waals surface area contributed by atoms with E-state index in [1.165, 1.54) is 24.0 Å². The first kappa shape index (κ1) is 9.31. The smallest absolute Gasteiger partial charge is 0.0219 e. The molecule has 1 rings (SSSR count). The molecule has 0 amide bonds. The average molecular weight is 162 g/mol. The lowest BCUT2D eigenvalue weighted by molar-refractivity contribution is 0.854. The van der Waals surface area contributed by atoms with Gasteiger partial charge in [-0.1, -0.05) is 51.5 Å². The summed E-state index contributed by atoms with van der Waals surface area (Å²) in [5.41, 5.74) is 2.93. The molecule has 0 saturated carbocycles. The van der Waals surface area contributed by atoms with E-state index < -0.39 is 0 Å². The van der Waals surface area contributed by atoms with Gasteiger partial charge in [-0.15, -0.1) is 0 Å². The van der Waals surface area contributed by atoms with Gasteiger partial charge in [0, 0.05) is 0 Å². The standard InChI is InChI=1S/C12H18/c1-4-6-11-7-5-8-12(9-11)10(2)3/h5,7-10H,4,6H2,1-3H3. The van der Waals surface area contributed by atoms with Crippen LogP contribution in [0.2, 0.25) is 0 Å². The topological polar surface area (TPSA) is 0 Å². The third kappa shape index (κ3) is 2.37. The molecule has 0 heteroatoms. The Kier molecular flexibility index (Phi) is 3.33. The van der Waals surface area contributed by atoms with E-state index in [-0.39, 0.29) is 0 Å². The molecular weight excluding hydrogens is 144 g/mol. The van der Waals surface area contributed by atoms with Crippen molar-refractivity contribution in [2.24, 2.45) is 0 Å². The van der Waals surface area contributed by atoms with Crippen molar-refractivity contribution in [1.29, 1.82) is 0 Å². The minimum atomic E-state index is 0.654. The summed E-state index contributed by atoms with van der Waals surface area (Å²) in [6, 6.07) is 8.92. The normalized spacial score (nSPS) is 10.7. The van der Waals surface area contributed by atoms with Crippen LogP contribution in [0.1, 0.15) is 44.2 Å². The molecule has 0 bridgehead atoms. The monoisotopic (exact) mass is 162 g/mol. The largest absolute Gasteiger partial charge is 0.0651 e. The summed E-state index contributed by atoms with van der Waals surface area (Å²) in [5.74, 6) is 0.654. The Morgan fingerprint density at radius 1 is 1.25 bits per heavy atom. The van der Waals surface area contributed by atoms with Crippen molar-refractivity contribution in [3.05, 3.63) is 35.4 Å². The van der Waals surface area contributed by atoms with Crippen LogP contribution in [0.25, 0.3) is 0 Å². The van der Waals surface area contributed by atoms with Crippen molar-refractivity contribution >= 4 is 0 Å². The van der Waals surface area contributed by atoms with E-state index in [1.54, 1.807) is 0 Å². The summed E-state index contributed by atoms with van der Waals surface area (Å²) < 4.78 is 0. The van der Waals surface area contributed by atoms with Gasteiger partial charge in [0.15, 0.2) is 0 Å². The van der Waals surface area contributed by atoms with Gasteiger partial charge in [-0.25, -0.2) is 0 Å². The van der Waals surface area contributed by atoms with Crippen LogP contribution in [0.5, 0.6) is 0 Å². The van der Waals surface area contributed by atoms with E-state index in [0.29, 0.717) is 5.92 Å². The fraction of sp³-hybridized carbons (Fsp3) is 0.500. The van der Waals surface area contributed by atoms with Crippen molar-refractivity contribution in [3.63, 3.8) is 0 Å². The summed E-state index contributed by atoms with van der Waals surface area (Å²) >= 11 is 0. The average Bonchev–Trinajstić information content (AvgIpc) is 2.05. The van der Waals surface area contributed by atoms with Gasteiger partial charge in [0.25, 0.3) is 0 Å². The van der Waals surface area contributed by atoms with Crippen LogP contribution in [0.3, 0.4) is 0 Å². The van der Waals surface area contributed by atoms with Crippen molar-refractivity contribution in [2.45, 2.75) is 39.5 Å². The summed E-state index contributed by atoms with van der Waals surface area (Å²) in [6.07, 6.45) is 2.45. The molecule has 0 aliphatic heterocycles. The predicted octanol–water partition coefficient (Wildman–Crippen LogP) is 3.76. The minimum absolute atomic E-state index is 0.654. The Balaban J connectivity index is 2.81. The molecule has 0 aliphatic rings. The highest BCUT2D eigenvalue weighted by molar-refractivity contribution is 5.25. The Labute approximate surface area is 75.6 Å². The molecule has 12 heavy (non-hydrogen) atoms. The molecule has 1 aromatic carbocycles. The van der Waals surface area contributed by atoms with E-state index in [2.05, 4.69) is 45.0 Å². The van der Waals surface area contributed by atoms with Crippen molar-refractivity contribution in [3.8, 4) is 0 Å². The van der Waals surface area contributed by atoms with Crippen LogP contribution < -0.4 is 0 Å². The van der Waals surface area contributed by atoms with Crippen LogP contribution >= 0.6 is 0 Å². The molecule has 0 aliphatic carbocycles. The second-order valence-corrected chi connectivity index (χ2v) is 3.65. The first-order valence-corrected chi connectivity index (χ1v) is 4.83. The summed E-state index contributed by atoms with van der Waals surface area (Å²) in [4.78, 5) is 0. The SMILES string of the molecule is CCCc1cccc(C(C)C)c1. The van der Waals surface area contributed by atoms with Crippen molar-refractivity contribution in [1.82, 2.24) is 0 Å². The number of hydrogen-bond acceptors (Lipinski definition) is 0. The highest BCUT2D eigenvalue weighted by atomic mass is 14.0. The van der Waals surface area contributed by atoms with Gasteiger partial charge in [-0.05, 0) is 23.5 Å². The molecule has 66 valence electrons. The van der Waals surface area contributed by atoms with Crippen molar-refractivity contribution < 1.29 is 0 Å². The van der Waals surface area contributed by atoms with Crippen molar-refractivity contribution in [2.75, 3.05) is 0 Å². The molecule has 0 N–H and O–H groups in total. The zero-order chi connectivity index (χ0) is 8.97. The lowest BCUT2D eigenvalue weighted by Crippen LogP contribution is -1.89. The zero-order valence-electron chi connectivity index (χ0n) is 8.30. The second kappa shape index (κ2) is 4.30. The molecule has 0 nitrogen and oxygen atoms in total. The van der Waals surface area contributed by atoms with E-state index in [1.807, 2.05) is 0 Å². The highest BCUT2D eigenvalue weighted by Crippen LogP contribution is 2.16. The van der Waals surface area contributed by atoms with E-state index in [0.717, 1.165) is 0 Å². The van der Waals surface area contributed by atoms with Gasteiger partial charge in [-0.2, -0.15) is 0 Å². The molecular formula is C12H18. The van der Waals surface area contributed by atoms with E-state index in [9.17, 15) is 0 Å². The maximum atomic E-state index is 2.33. The maximum absolute atomic E-state index is 2.33. The summed E-state index contributed by atoms with van der Waals surface area (Å²) in [7, 11) is 0. The van der Waals surface area contributed by atoms with Crippen LogP contribution in [-0.2, 0) is 6.42 Å². The molecule has 1 aromatic rings. The molecule has 0 aromatic heterocycles. The number of rotatable bonds is 3. The second-order valence-electron chi connectivity index (χ2n) is 3.65. The fourth-order valence-corrected chi connectivity index (χ4v) is 1.40.